The Morgan fingerprint density at radius 3 is 2.56 bits per heavy atom. The Bertz CT molecular complexity index is 484. The zero-order valence-electron chi connectivity index (χ0n) is 10.1. The monoisotopic (exact) mass is 246 g/mol. The van der Waals surface area contributed by atoms with Crippen LogP contribution in [0.5, 0.6) is 0 Å². The van der Waals surface area contributed by atoms with Gasteiger partial charge in [0.25, 0.3) is 5.91 Å². The van der Waals surface area contributed by atoms with Gasteiger partial charge in [-0.25, -0.2) is 0 Å². The first-order valence-corrected chi connectivity index (χ1v) is 5.75. The van der Waals surface area contributed by atoms with Gasteiger partial charge in [-0.1, -0.05) is 18.2 Å². The van der Waals surface area contributed by atoms with Gasteiger partial charge >= 0.3 is 0 Å². The molecule has 0 aliphatic carbocycles. The lowest BCUT2D eigenvalue weighted by Crippen LogP contribution is -2.52. The lowest BCUT2D eigenvalue weighted by molar-refractivity contribution is -0.136. The largest absolute Gasteiger partial charge is 0.330 e. The average Bonchev–Trinajstić information content (AvgIpc) is 2.38. The summed E-state index contributed by atoms with van der Waals surface area (Å²) >= 11 is 0. The number of nitrogens with zero attached hydrogens (tertiary/aromatic N) is 1. The van der Waals surface area contributed by atoms with Crippen LogP contribution >= 0.6 is 0 Å². The van der Waals surface area contributed by atoms with Gasteiger partial charge in [-0.2, -0.15) is 0 Å². The van der Waals surface area contributed by atoms with E-state index in [1.165, 1.54) is 4.90 Å². The molecule has 5 nitrogen and oxygen atoms in total. The highest BCUT2D eigenvalue weighted by atomic mass is 16.2. The molecule has 1 atom stereocenters. The summed E-state index contributed by atoms with van der Waals surface area (Å²) in [5.74, 6) is -0.903. The first kappa shape index (κ1) is 12.3. The lowest BCUT2D eigenvalue weighted by atomic mass is 10.0. The molecule has 94 valence electrons. The van der Waals surface area contributed by atoms with Gasteiger partial charge in [-0.3, -0.25) is 19.7 Å². The van der Waals surface area contributed by atoms with E-state index in [0.29, 0.717) is 12.0 Å². The Hall–Kier alpha value is -2.17. The molecule has 0 radical (unpaired) electrons. The number of amides is 3. The summed E-state index contributed by atoms with van der Waals surface area (Å²) in [7, 11) is 1.58. The summed E-state index contributed by atoms with van der Waals surface area (Å²) in [5, 5.41) is 2.24. The maximum absolute atomic E-state index is 12.1. The molecule has 0 bridgehead atoms. The molecule has 0 spiro atoms. The van der Waals surface area contributed by atoms with E-state index in [9.17, 15) is 14.4 Å². The molecule has 1 N–H and O–H groups in total. The second-order valence-electron chi connectivity index (χ2n) is 4.25. The average molecular weight is 246 g/mol. The van der Waals surface area contributed by atoms with E-state index in [1.807, 2.05) is 6.07 Å². The summed E-state index contributed by atoms with van der Waals surface area (Å²) in [4.78, 5) is 36.2. The van der Waals surface area contributed by atoms with E-state index >= 15 is 0 Å². The van der Waals surface area contributed by atoms with Crippen molar-refractivity contribution in [3.63, 3.8) is 0 Å². The third-order valence-electron chi connectivity index (χ3n) is 3.02. The number of imide groups is 1. The molecule has 5 heteroatoms. The minimum absolute atomic E-state index is 0.218. The number of rotatable bonds is 2. The molecular weight excluding hydrogens is 232 g/mol. The molecule has 3 amide bonds. The Balaban J connectivity index is 2.12. The van der Waals surface area contributed by atoms with E-state index in [4.69, 9.17) is 0 Å². The topological polar surface area (TPSA) is 66.5 Å². The third-order valence-corrected chi connectivity index (χ3v) is 3.02. The van der Waals surface area contributed by atoms with Crippen molar-refractivity contribution in [3.8, 4) is 0 Å². The van der Waals surface area contributed by atoms with Gasteiger partial charge in [0.1, 0.15) is 6.04 Å². The van der Waals surface area contributed by atoms with Crippen LogP contribution in [0.25, 0.3) is 0 Å². The molecule has 1 aromatic carbocycles. The van der Waals surface area contributed by atoms with Crippen molar-refractivity contribution in [1.29, 1.82) is 0 Å². The zero-order chi connectivity index (χ0) is 13.1. The van der Waals surface area contributed by atoms with Crippen LogP contribution in [-0.4, -0.2) is 35.7 Å². The van der Waals surface area contributed by atoms with Gasteiger partial charge < -0.3 is 4.90 Å². The molecule has 2 rings (SSSR count). The first-order chi connectivity index (χ1) is 8.59. The second kappa shape index (κ2) is 5.00. The highest BCUT2D eigenvalue weighted by molar-refractivity contribution is 6.03. The Morgan fingerprint density at radius 2 is 1.94 bits per heavy atom. The van der Waals surface area contributed by atoms with Crippen molar-refractivity contribution < 1.29 is 14.4 Å². The molecule has 1 saturated heterocycles. The van der Waals surface area contributed by atoms with Crippen LogP contribution in [0.4, 0.5) is 0 Å². The number of piperidine rings is 1. The van der Waals surface area contributed by atoms with E-state index in [2.05, 4.69) is 5.32 Å². The maximum Gasteiger partial charge on any atom is 0.254 e. The SMILES string of the molecule is CN(C(=O)c1ccccc1)C1CCC(=O)NC1=O. The van der Waals surface area contributed by atoms with Crippen molar-refractivity contribution in [2.45, 2.75) is 18.9 Å². The normalized spacial score (nSPS) is 19.3. The van der Waals surface area contributed by atoms with Crippen LogP contribution in [0.2, 0.25) is 0 Å². The van der Waals surface area contributed by atoms with Crippen molar-refractivity contribution in [3.05, 3.63) is 35.9 Å². The van der Waals surface area contributed by atoms with Crippen LogP contribution in [-0.2, 0) is 9.59 Å². The van der Waals surface area contributed by atoms with Crippen molar-refractivity contribution >= 4 is 17.7 Å². The van der Waals surface area contributed by atoms with E-state index in [0.717, 1.165) is 0 Å². The van der Waals surface area contributed by atoms with E-state index in [-0.39, 0.29) is 18.2 Å². The molecule has 1 unspecified atom stereocenters. The summed E-state index contributed by atoms with van der Waals surface area (Å²) in [5.41, 5.74) is 0.532. The quantitative estimate of drug-likeness (QED) is 0.775. The van der Waals surface area contributed by atoms with Crippen LogP contribution in [0.3, 0.4) is 0 Å². The van der Waals surface area contributed by atoms with Gasteiger partial charge in [0.2, 0.25) is 11.8 Å². The first-order valence-electron chi connectivity index (χ1n) is 5.75. The van der Waals surface area contributed by atoms with Crippen LogP contribution in [0, 0.1) is 0 Å². The number of hydrogen-bond acceptors (Lipinski definition) is 3. The van der Waals surface area contributed by atoms with Gasteiger partial charge in [0.15, 0.2) is 0 Å². The Kier molecular flexibility index (Phi) is 3.41. The van der Waals surface area contributed by atoms with Gasteiger partial charge in [0, 0.05) is 19.0 Å². The fourth-order valence-corrected chi connectivity index (χ4v) is 1.98. The van der Waals surface area contributed by atoms with E-state index in [1.54, 1.807) is 31.3 Å². The molecule has 1 aliphatic rings. The summed E-state index contributed by atoms with van der Waals surface area (Å²) in [6.45, 7) is 0. The van der Waals surface area contributed by atoms with Crippen LogP contribution in [0.1, 0.15) is 23.2 Å². The minimum Gasteiger partial charge on any atom is -0.330 e. The highest BCUT2D eigenvalue weighted by Gasteiger charge is 2.32. The molecule has 1 fully saturated rings. The lowest BCUT2D eigenvalue weighted by Gasteiger charge is -2.29. The van der Waals surface area contributed by atoms with Crippen LogP contribution in [0.15, 0.2) is 30.3 Å². The van der Waals surface area contributed by atoms with Crippen molar-refractivity contribution in [1.82, 2.24) is 10.2 Å². The number of carbonyl (C=O) groups excluding carboxylic acids is 3. The predicted octanol–water partition coefficient (Wildman–Crippen LogP) is 0.564. The molecule has 1 aromatic rings. The molecule has 1 heterocycles. The highest BCUT2D eigenvalue weighted by Crippen LogP contribution is 2.13. The van der Waals surface area contributed by atoms with Gasteiger partial charge in [-0.15, -0.1) is 0 Å². The number of hydrogen-bond donors (Lipinski definition) is 1. The zero-order valence-corrected chi connectivity index (χ0v) is 10.1. The molecule has 0 aromatic heterocycles. The van der Waals surface area contributed by atoms with Crippen LogP contribution < -0.4 is 5.32 Å². The smallest absolute Gasteiger partial charge is 0.254 e. The number of nitrogens with one attached hydrogen (secondary N) is 1. The fourth-order valence-electron chi connectivity index (χ4n) is 1.98. The minimum atomic E-state index is -0.574. The van der Waals surface area contributed by atoms with Crippen molar-refractivity contribution in [2.75, 3.05) is 7.05 Å². The Labute approximate surface area is 105 Å². The molecule has 18 heavy (non-hydrogen) atoms. The number of benzene rings is 1. The molecule has 0 saturated carbocycles. The summed E-state index contributed by atoms with van der Waals surface area (Å²) in [6.07, 6.45) is 0.641. The second-order valence-corrected chi connectivity index (χ2v) is 4.25. The third kappa shape index (κ3) is 2.40. The van der Waals surface area contributed by atoms with Crippen molar-refractivity contribution in [2.24, 2.45) is 0 Å². The Morgan fingerprint density at radius 1 is 1.28 bits per heavy atom. The molecule has 1 aliphatic heterocycles. The predicted molar refractivity (Wildman–Crippen MR) is 64.7 cm³/mol. The summed E-state index contributed by atoms with van der Waals surface area (Å²) < 4.78 is 0. The standard InChI is InChI=1S/C13H14N2O3/c1-15(10-7-8-11(16)14-12(10)17)13(18)9-5-3-2-4-6-9/h2-6,10H,7-8H2,1H3,(H,14,16,17). The number of likely N-dealkylation sites (N-methyl/N-ethyl adjacent to an activating group) is 1. The van der Waals surface area contributed by atoms with E-state index < -0.39 is 11.9 Å². The maximum atomic E-state index is 12.1. The van der Waals surface area contributed by atoms with Gasteiger partial charge in [0.05, 0.1) is 0 Å². The summed E-state index contributed by atoms with van der Waals surface area (Å²) in [6, 6.07) is 8.19. The fraction of sp³-hybridized carbons (Fsp3) is 0.308. The van der Waals surface area contributed by atoms with Gasteiger partial charge in [-0.05, 0) is 18.6 Å². The number of carbonyl (C=O) groups is 3. The molecular formula is C13H14N2O3.